The topological polar surface area (TPSA) is 69.6 Å². The smallest absolute Gasteiger partial charge is 0.317 e. The molecule has 0 aromatic rings. The van der Waals surface area contributed by atoms with Crippen molar-refractivity contribution in [1.82, 2.24) is 10.2 Å². The summed E-state index contributed by atoms with van der Waals surface area (Å²) in [6.07, 6.45) is 7.26. The van der Waals surface area contributed by atoms with Crippen LogP contribution in [0.4, 0.5) is 4.79 Å². The normalized spacial score (nSPS) is 18.8. The van der Waals surface area contributed by atoms with Gasteiger partial charge in [0.1, 0.15) is 0 Å². The van der Waals surface area contributed by atoms with Crippen molar-refractivity contribution >= 4 is 12.0 Å². The number of amides is 2. The number of aliphatic carboxylic acids is 1. The van der Waals surface area contributed by atoms with Crippen LogP contribution in [0.5, 0.6) is 0 Å². The van der Waals surface area contributed by atoms with Crippen molar-refractivity contribution in [3.05, 3.63) is 0 Å². The zero-order chi connectivity index (χ0) is 15.9. The summed E-state index contributed by atoms with van der Waals surface area (Å²) < 4.78 is 0. The third-order valence-electron chi connectivity index (χ3n) is 4.74. The summed E-state index contributed by atoms with van der Waals surface area (Å²) in [7, 11) is 1.81. The quantitative estimate of drug-likeness (QED) is 0.758. The lowest BCUT2D eigenvalue weighted by atomic mass is 9.72. The number of urea groups is 1. The fraction of sp³-hybridized carbons (Fsp3) is 0.875. The van der Waals surface area contributed by atoms with Gasteiger partial charge >= 0.3 is 12.0 Å². The number of carboxylic acids is 1. The molecule has 122 valence electrons. The third-order valence-corrected chi connectivity index (χ3v) is 4.74. The van der Waals surface area contributed by atoms with E-state index >= 15 is 0 Å². The molecular formula is C16H30N2O3. The van der Waals surface area contributed by atoms with Gasteiger partial charge in [-0.15, -0.1) is 0 Å². The van der Waals surface area contributed by atoms with Crippen molar-refractivity contribution in [3.63, 3.8) is 0 Å². The SMILES string of the molecule is CCCC(C)N(C)C(=O)NCC1(CC(=O)O)CCCCC1. The Morgan fingerprint density at radius 2 is 1.90 bits per heavy atom. The molecule has 1 aliphatic rings. The summed E-state index contributed by atoms with van der Waals surface area (Å²) in [5, 5.41) is 12.1. The number of carboxylic acid groups (broad SMARTS) is 1. The van der Waals surface area contributed by atoms with Gasteiger partial charge in [-0.1, -0.05) is 32.6 Å². The van der Waals surface area contributed by atoms with Crippen LogP contribution in [-0.4, -0.2) is 41.6 Å². The average molecular weight is 298 g/mol. The molecule has 0 radical (unpaired) electrons. The lowest BCUT2D eigenvalue weighted by Gasteiger charge is -2.37. The maximum absolute atomic E-state index is 12.2. The largest absolute Gasteiger partial charge is 0.481 e. The van der Waals surface area contributed by atoms with E-state index in [9.17, 15) is 9.59 Å². The second-order valence-corrected chi connectivity index (χ2v) is 6.54. The van der Waals surface area contributed by atoms with Crippen molar-refractivity contribution in [2.45, 2.75) is 71.3 Å². The van der Waals surface area contributed by atoms with Gasteiger partial charge in [-0.05, 0) is 31.6 Å². The molecule has 1 aliphatic carbocycles. The molecule has 0 aromatic carbocycles. The second-order valence-electron chi connectivity index (χ2n) is 6.54. The number of nitrogens with zero attached hydrogens (tertiary/aromatic N) is 1. The van der Waals surface area contributed by atoms with E-state index in [-0.39, 0.29) is 23.9 Å². The Balaban J connectivity index is 2.56. The highest BCUT2D eigenvalue weighted by molar-refractivity contribution is 5.74. The van der Waals surface area contributed by atoms with E-state index in [2.05, 4.69) is 12.2 Å². The highest BCUT2D eigenvalue weighted by Gasteiger charge is 2.35. The molecule has 5 nitrogen and oxygen atoms in total. The van der Waals surface area contributed by atoms with Crippen molar-refractivity contribution in [3.8, 4) is 0 Å². The third kappa shape index (κ3) is 5.56. The summed E-state index contributed by atoms with van der Waals surface area (Å²) in [6, 6.07) is 0.114. The number of carbonyl (C=O) groups is 2. The van der Waals surface area contributed by atoms with Gasteiger partial charge in [0.2, 0.25) is 0 Å². The molecule has 0 heterocycles. The van der Waals surface area contributed by atoms with Crippen LogP contribution < -0.4 is 5.32 Å². The maximum Gasteiger partial charge on any atom is 0.317 e. The molecule has 1 fully saturated rings. The molecule has 2 N–H and O–H groups in total. The summed E-state index contributed by atoms with van der Waals surface area (Å²) in [5.74, 6) is -0.765. The van der Waals surface area contributed by atoms with Gasteiger partial charge in [0.05, 0.1) is 6.42 Å². The van der Waals surface area contributed by atoms with Gasteiger partial charge in [-0.25, -0.2) is 4.79 Å². The molecule has 1 rings (SSSR count). The van der Waals surface area contributed by atoms with Gasteiger partial charge in [0.25, 0.3) is 0 Å². The zero-order valence-corrected chi connectivity index (χ0v) is 13.7. The number of hydrogen-bond donors (Lipinski definition) is 2. The summed E-state index contributed by atoms with van der Waals surface area (Å²) in [6.45, 7) is 4.62. The Bertz CT molecular complexity index is 351. The molecule has 5 heteroatoms. The first-order chi connectivity index (χ1) is 9.90. The molecule has 0 aromatic heterocycles. The molecule has 21 heavy (non-hydrogen) atoms. The van der Waals surface area contributed by atoms with E-state index in [1.165, 1.54) is 6.42 Å². The fourth-order valence-corrected chi connectivity index (χ4v) is 3.24. The van der Waals surface area contributed by atoms with Crippen LogP contribution in [-0.2, 0) is 4.79 Å². The van der Waals surface area contributed by atoms with Gasteiger partial charge in [-0.2, -0.15) is 0 Å². The molecule has 1 unspecified atom stereocenters. The van der Waals surface area contributed by atoms with Gasteiger partial charge in [-0.3, -0.25) is 4.79 Å². The van der Waals surface area contributed by atoms with Crippen LogP contribution in [0.15, 0.2) is 0 Å². The van der Waals surface area contributed by atoms with Crippen LogP contribution >= 0.6 is 0 Å². The lowest BCUT2D eigenvalue weighted by molar-refractivity contribution is -0.140. The summed E-state index contributed by atoms with van der Waals surface area (Å²) in [5.41, 5.74) is -0.255. The van der Waals surface area contributed by atoms with Crippen LogP contribution in [0.25, 0.3) is 0 Å². The van der Waals surface area contributed by atoms with Crippen molar-refractivity contribution in [2.75, 3.05) is 13.6 Å². The van der Waals surface area contributed by atoms with Crippen LogP contribution in [0.2, 0.25) is 0 Å². The van der Waals surface area contributed by atoms with E-state index in [0.29, 0.717) is 6.54 Å². The van der Waals surface area contributed by atoms with Gasteiger partial charge < -0.3 is 15.3 Å². The average Bonchev–Trinajstić information content (AvgIpc) is 2.44. The Labute approximate surface area is 128 Å². The number of hydrogen-bond acceptors (Lipinski definition) is 2. The Morgan fingerprint density at radius 3 is 2.43 bits per heavy atom. The van der Waals surface area contributed by atoms with Gasteiger partial charge in [0.15, 0.2) is 0 Å². The minimum atomic E-state index is -0.765. The van der Waals surface area contributed by atoms with Crippen molar-refractivity contribution in [2.24, 2.45) is 5.41 Å². The molecule has 0 bridgehead atoms. The fourth-order valence-electron chi connectivity index (χ4n) is 3.24. The van der Waals surface area contributed by atoms with Crippen molar-refractivity contribution in [1.29, 1.82) is 0 Å². The molecule has 0 spiro atoms. The van der Waals surface area contributed by atoms with Gasteiger partial charge in [0, 0.05) is 19.6 Å². The predicted octanol–water partition coefficient (Wildman–Crippen LogP) is 3.24. The first-order valence-corrected chi connectivity index (χ1v) is 8.12. The monoisotopic (exact) mass is 298 g/mol. The molecule has 0 aliphatic heterocycles. The van der Waals surface area contributed by atoms with Crippen molar-refractivity contribution < 1.29 is 14.7 Å². The van der Waals surface area contributed by atoms with Crippen LogP contribution in [0.3, 0.4) is 0 Å². The van der Waals surface area contributed by atoms with E-state index in [4.69, 9.17) is 5.11 Å². The Morgan fingerprint density at radius 1 is 1.29 bits per heavy atom. The molecule has 2 amide bonds. The second kappa shape index (κ2) is 8.25. The number of rotatable bonds is 7. The highest BCUT2D eigenvalue weighted by Crippen LogP contribution is 2.38. The lowest BCUT2D eigenvalue weighted by Crippen LogP contribution is -2.47. The van der Waals surface area contributed by atoms with E-state index in [0.717, 1.165) is 38.5 Å². The Kier molecular flexibility index (Phi) is 6.99. The zero-order valence-electron chi connectivity index (χ0n) is 13.7. The predicted molar refractivity (Wildman–Crippen MR) is 83.3 cm³/mol. The molecular weight excluding hydrogens is 268 g/mol. The minimum Gasteiger partial charge on any atom is -0.481 e. The van der Waals surface area contributed by atoms with E-state index < -0.39 is 5.97 Å². The molecule has 1 atom stereocenters. The number of nitrogens with one attached hydrogen (secondary N) is 1. The molecule has 0 saturated heterocycles. The number of carbonyl (C=O) groups excluding carboxylic acids is 1. The maximum atomic E-state index is 12.2. The standard InChI is InChI=1S/C16H30N2O3/c1-4-8-13(2)18(3)15(21)17-12-16(11-14(19)20)9-6-5-7-10-16/h13H,4-12H2,1-3H3,(H,17,21)(H,19,20). The highest BCUT2D eigenvalue weighted by atomic mass is 16.4. The first-order valence-electron chi connectivity index (χ1n) is 8.12. The first kappa shape index (κ1) is 17.8. The van der Waals surface area contributed by atoms with E-state index in [1.807, 2.05) is 6.92 Å². The van der Waals surface area contributed by atoms with Crippen LogP contribution in [0, 0.1) is 5.41 Å². The minimum absolute atomic E-state index is 0.0914. The summed E-state index contributed by atoms with van der Waals surface area (Å²) in [4.78, 5) is 25.0. The molecule has 1 saturated carbocycles. The van der Waals surface area contributed by atoms with Crippen LogP contribution in [0.1, 0.15) is 65.2 Å². The Hall–Kier alpha value is -1.26. The van der Waals surface area contributed by atoms with E-state index in [1.54, 1.807) is 11.9 Å². The summed E-state index contributed by atoms with van der Waals surface area (Å²) >= 11 is 0.